The van der Waals surface area contributed by atoms with Crippen LogP contribution in [0, 0.1) is 0 Å². The first-order valence-corrected chi connectivity index (χ1v) is 10.7. The third kappa shape index (κ3) is 4.69. The second kappa shape index (κ2) is 8.54. The van der Waals surface area contributed by atoms with Gasteiger partial charge in [-0.05, 0) is 54.1 Å². The molecule has 29 heavy (non-hydrogen) atoms. The number of methoxy groups -OCH3 is 1. The summed E-state index contributed by atoms with van der Waals surface area (Å²) in [6.45, 7) is 3.71. The third-order valence-electron chi connectivity index (χ3n) is 3.90. The average Bonchev–Trinajstić information content (AvgIpc) is 3.01. The largest absolute Gasteiger partial charge is 0.493 e. The molecule has 1 amide bonds. The minimum Gasteiger partial charge on any atom is -0.493 e. The van der Waals surface area contributed by atoms with Gasteiger partial charge in [0.15, 0.2) is 16.7 Å². The van der Waals surface area contributed by atoms with Crippen molar-refractivity contribution < 1.29 is 22.1 Å². The first-order valence-electron chi connectivity index (χ1n) is 8.43. The molecule has 0 spiro atoms. The number of amides is 1. The number of thioether (sulfide) groups is 1. The van der Waals surface area contributed by atoms with Crippen LogP contribution < -0.4 is 14.7 Å². The highest BCUT2D eigenvalue weighted by atomic mass is 32.2. The van der Waals surface area contributed by atoms with E-state index in [-0.39, 0.29) is 21.6 Å². The predicted molar refractivity (Wildman–Crippen MR) is 113 cm³/mol. The number of carbonyl (C=O) groups excluding carboxylic acids is 1. The molecule has 1 aliphatic heterocycles. The molecule has 2 aromatic rings. The van der Waals surface area contributed by atoms with E-state index >= 15 is 0 Å². The fourth-order valence-corrected chi connectivity index (χ4v) is 4.32. The molecule has 7 nitrogen and oxygen atoms in total. The Hall–Kier alpha value is -3.04. The van der Waals surface area contributed by atoms with Gasteiger partial charge in [0.1, 0.15) is 4.90 Å². The molecule has 0 atom stereocenters. The Morgan fingerprint density at radius 1 is 1.24 bits per heavy atom. The zero-order chi connectivity index (χ0) is 21.0. The molecule has 2 N–H and O–H groups in total. The number of benzene rings is 2. The average molecular weight is 431 g/mol. The Balaban J connectivity index is 2.04. The summed E-state index contributed by atoms with van der Waals surface area (Å²) in [7, 11) is -2.66. The van der Waals surface area contributed by atoms with Crippen LogP contribution in [0.3, 0.4) is 0 Å². The van der Waals surface area contributed by atoms with Gasteiger partial charge in [0.2, 0.25) is 0 Å². The van der Waals surface area contributed by atoms with Crippen molar-refractivity contribution in [3.05, 3.63) is 71.2 Å². The van der Waals surface area contributed by atoms with E-state index in [1.54, 1.807) is 42.5 Å². The number of allylic oxidation sites excluding steroid dienone is 1. The molecule has 9 heteroatoms. The van der Waals surface area contributed by atoms with E-state index in [1.165, 1.54) is 19.2 Å². The molecule has 0 aromatic heterocycles. The van der Waals surface area contributed by atoms with E-state index in [9.17, 15) is 13.2 Å². The summed E-state index contributed by atoms with van der Waals surface area (Å²) in [5.41, 5.74) is 6.73. The number of hydrogen-bond acceptors (Lipinski definition) is 7. The van der Waals surface area contributed by atoms with Crippen LogP contribution in [0.5, 0.6) is 11.5 Å². The number of nitrogens with zero attached hydrogens (tertiary/aromatic N) is 1. The monoisotopic (exact) mass is 430 g/mol. The lowest BCUT2D eigenvalue weighted by Gasteiger charge is -2.15. The molecular formula is C20H18N2O5S2. The van der Waals surface area contributed by atoms with Crippen LogP contribution in [0.4, 0.5) is 0 Å². The number of nitrogens with two attached hydrogens (primary N) is 1. The van der Waals surface area contributed by atoms with E-state index in [0.29, 0.717) is 22.5 Å². The van der Waals surface area contributed by atoms with Gasteiger partial charge in [-0.15, -0.1) is 6.58 Å². The van der Waals surface area contributed by atoms with Gasteiger partial charge >= 0.3 is 10.1 Å². The first kappa shape index (κ1) is 20.7. The molecule has 1 heterocycles. The van der Waals surface area contributed by atoms with Gasteiger partial charge in [0.25, 0.3) is 5.91 Å². The normalized spacial score (nSPS) is 15.3. The van der Waals surface area contributed by atoms with Gasteiger partial charge in [0, 0.05) is 5.56 Å². The van der Waals surface area contributed by atoms with Gasteiger partial charge in [-0.2, -0.15) is 13.4 Å². The summed E-state index contributed by atoms with van der Waals surface area (Å²) in [5, 5.41) is 0.174. The predicted octanol–water partition coefficient (Wildman–Crippen LogP) is 3.12. The molecule has 0 saturated carbocycles. The zero-order valence-electron chi connectivity index (χ0n) is 15.5. The summed E-state index contributed by atoms with van der Waals surface area (Å²) in [6.07, 6.45) is 3.55. The fraction of sp³-hybridized carbons (Fsp3) is 0.100. The lowest BCUT2D eigenvalue weighted by molar-refractivity contribution is -0.113. The summed E-state index contributed by atoms with van der Waals surface area (Å²) >= 11 is 1.06. The van der Waals surface area contributed by atoms with Gasteiger partial charge in [-0.1, -0.05) is 24.3 Å². The summed E-state index contributed by atoms with van der Waals surface area (Å²) in [4.78, 5) is 15.9. The van der Waals surface area contributed by atoms with Crippen LogP contribution in [-0.2, 0) is 21.3 Å². The van der Waals surface area contributed by atoms with Crippen molar-refractivity contribution in [3.63, 3.8) is 0 Å². The van der Waals surface area contributed by atoms with E-state index in [1.807, 2.05) is 0 Å². The van der Waals surface area contributed by atoms with Crippen LogP contribution in [0.15, 0.2) is 69.9 Å². The van der Waals surface area contributed by atoms with Crippen molar-refractivity contribution in [1.82, 2.24) is 0 Å². The Morgan fingerprint density at radius 2 is 1.97 bits per heavy atom. The van der Waals surface area contributed by atoms with Crippen molar-refractivity contribution in [1.29, 1.82) is 0 Å². The molecule has 150 valence electrons. The molecule has 0 radical (unpaired) electrons. The number of rotatable bonds is 7. The molecule has 1 aliphatic rings. The summed E-state index contributed by atoms with van der Waals surface area (Å²) < 4.78 is 36.1. The number of amidine groups is 1. The smallest absolute Gasteiger partial charge is 0.339 e. The second-order valence-corrected chi connectivity index (χ2v) is 8.53. The maximum atomic E-state index is 12.7. The van der Waals surface area contributed by atoms with Crippen molar-refractivity contribution in [2.45, 2.75) is 11.3 Å². The Morgan fingerprint density at radius 3 is 2.55 bits per heavy atom. The Kier molecular flexibility index (Phi) is 6.09. The van der Waals surface area contributed by atoms with Crippen molar-refractivity contribution in [2.24, 2.45) is 10.7 Å². The van der Waals surface area contributed by atoms with E-state index in [4.69, 9.17) is 14.7 Å². The van der Waals surface area contributed by atoms with Crippen LogP contribution in [-0.4, -0.2) is 26.6 Å². The van der Waals surface area contributed by atoms with Gasteiger partial charge in [-0.3, -0.25) is 4.79 Å². The quantitative estimate of drug-likeness (QED) is 0.408. The maximum Gasteiger partial charge on any atom is 0.339 e. The second-order valence-electron chi connectivity index (χ2n) is 5.92. The Bertz CT molecular complexity index is 1120. The van der Waals surface area contributed by atoms with Crippen molar-refractivity contribution in [3.8, 4) is 11.5 Å². The Labute approximate surface area is 173 Å². The topological polar surface area (TPSA) is 108 Å². The fourth-order valence-electron chi connectivity index (χ4n) is 2.64. The number of aliphatic imine (C=N–C) groups is 1. The first-order chi connectivity index (χ1) is 13.8. The molecule has 0 bridgehead atoms. The maximum absolute atomic E-state index is 12.7. The zero-order valence-corrected chi connectivity index (χ0v) is 17.1. The summed E-state index contributed by atoms with van der Waals surface area (Å²) in [5.74, 6) is -0.150. The summed E-state index contributed by atoms with van der Waals surface area (Å²) in [6, 6.07) is 11.1. The number of hydrogen-bond donors (Lipinski definition) is 1. The molecule has 0 aliphatic carbocycles. The highest BCUT2D eigenvalue weighted by Gasteiger charge is 2.23. The van der Waals surface area contributed by atoms with Gasteiger partial charge in [0.05, 0.1) is 12.0 Å². The van der Waals surface area contributed by atoms with Crippen molar-refractivity contribution in [2.75, 3.05) is 7.11 Å². The standard InChI is InChI=1S/C20H18N2O5S2/c1-3-7-14-10-13(12-17-19(23)22-20(21)28-17)11-16(26-2)18(14)27-29(24,25)15-8-5-4-6-9-15/h3-6,8-12H,1,7H2,2H3,(H2,21,22,23)/b17-12-. The molecule has 0 unspecified atom stereocenters. The van der Waals surface area contributed by atoms with Crippen molar-refractivity contribution >= 4 is 39.0 Å². The number of ether oxygens (including phenoxy) is 1. The van der Waals surface area contributed by atoms with Gasteiger partial charge in [-0.25, -0.2) is 0 Å². The molecule has 0 fully saturated rings. The van der Waals surface area contributed by atoms with Crippen LogP contribution in [0.1, 0.15) is 11.1 Å². The number of carbonyl (C=O) groups is 1. The van der Waals surface area contributed by atoms with E-state index < -0.39 is 16.0 Å². The van der Waals surface area contributed by atoms with Crippen LogP contribution >= 0.6 is 11.8 Å². The highest BCUT2D eigenvalue weighted by molar-refractivity contribution is 8.18. The molecule has 2 aromatic carbocycles. The SMILES string of the molecule is C=CCc1cc(/C=C2\SC(N)=NC2=O)cc(OC)c1OS(=O)(=O)c1ccccc1. The van der Waals surface area contributed by atoms with Gasteiger partial charge < -0.3 is 14.7 Å². The third-order valence-corrected chi connectivity index (χ3v) is 5.95. The highest BCUT2D eigenvalue weighted by Crippen LogP contribution is 2.37. The molecular weight excluding hydrogens is 412 g/mol. The lowest BCUT2D eigenvalue weighted by Crippen LogP contribution is -2.12. The molecule has 0 saturated heterocycles. The molecule has 3 rings (SSSR count). The lowest BCUT2D eigenvalue weighted by atomic mass is 10.1. The van der Waals surface area contributed by atoms with Crippen LogP contribution in [0.25, 0.3) is 6.08 Å². The van der Waals surface area contributed by atoms with Crippen LogP contribution in [0.2, 0.25) is 0 Å². The van der Waals surface area contributed by atoms with E-state index in [0.717, 1.165) is 11.8 Å². The van der Waals surface area contributed by atoms with E-state index in [2.05, 4.69) is 11.6 Å². The minimum absolute atomic E-state index is 0.0263. The minimum atomic E-state index is -4.06.